The van der Waals surface area contributed by atoms with Crippen LogP contribution in [0.2, 0.25) is 0 Å². The van der Waals surface area contributed by atoms with Gasteiger partial charge in [0, 0.05) is 17.8 Å². The fourth-order valence-electron chi connectivity index (χ4n) is 6.46. The van der Waals surface area contributed by atoms with Gasteiger partial charge in [0.05, 0.1) is 5.41 Å². The number of aliphatic hydroxyl groups excluding tert-OH is 1. The van der Waals surface area contributed by atoms with Crippen molar-refractivity contribution in [3.05, 3.63) is 36.0 Å². The maximum Gasteiger partial charge on any atom is 0.190 e. The van der Waals surface area contributed by atoms with Gasteiger partial charge in [-0.2, -0.15) is 0 Å². The van der Waals surface area contributed by atoms with Crippen molar-refractivity contribution < 1.29 is 29.0 Å². The van der Waals surface area contributed by atoms with Gasteiger partial charge in [0.1, 0.15) is 12.2 Å². The van der Waals surface area contributed by atoms with Gasteiger partial charge in [-0.25, -0.2) is 4.39 Å². The molecule has 0 heterocycles. The van der Waals surface area contributed by atoms with Crippen LogP contribution in [0.1, 0.15) is 33.6 Å². The van der Waals surface area contributed by atoms with E-state index in [9.17, 15) is 24.6 Å². The first-order valence-electron chi connectivity index (χ1n) is 9.69. The van der Waals surface area contributed by atoms with Crippen molar-refractivity contribution in [2.75, 3.05) is 6.61 Å². The number of carbonyl (C=O) groups excluding carboxylic acids is 3. The van der Waals surface area contributed by atoms with Crippen molar-refractivity contribution in [1.82, 2.24) is 0 Å². The van der Waals surface area contributed by atoms with Crippen LogP contribution < -0.4 is 0 Å². The van der Waals surface area contributed by atoms with E-state index in [-0.39, 0.29) is 12.2 Å². The van der Waals surface area contributed by atoms with Gasteiger partial charge in [0.25, 0.3) is 0 Å². The van der Waals surface area contributed by atoms with E-state index in [4.69, 9.17) is 0 Å². The Morgan fingerprint density at radius 1 is 1.29 bits per heavy atom. The lowest BCUT2D eigenvalue weighted by Crippen LogP contribution is -2.67. The van der Waals surface area contributed by atoms with Gasteiger partial charge in [0.2, 0.25) is 0 Å². The molecule has 4 aliphatic rings. The fraction of sp³-hybridized carbons (Fsp3) is 0.591. The van der Waals surface area contributed by atoms with Crippen LogP contribution in [-0.4, -0.2) is 45.4 Å². The zero-order valence-corrected chi connectivity index (χ0v) is 16.2. The highest BCUT2D eigenvalue weighted by Crippen LogP contribution is 2.68. The smallest absolute Gasteiger partial charge is 0.190 e. The lowest BCUT2D eigenvalue weighted by atomic mass is 9.46. The first kappa shape index (κ1) is 19.4. The summed E-state index contributed by atoms with van der Waals surface area (Å²) in [6.07, 6.45) is 7.52. The molecule has 0 aliphatic heterocycles. The minimum absolute atomic E-state index is 0.246. The summed E-state index contributed by atoms with van der Waals surface area (Å²) >= 11 is 0. The number of aliphatic hydroxyl groups is 2. The molecule has 0 amide bonds. The number of rotatable bonds is 2. The van der Waals surface area contributed by atoms with Gasteiger partial charge >= 0.3 is 0 Å². The summed E-state index contributed by atoms with van der Waals surface area (Å²) in [5.41, 5.74) is -6.12. The van der Waals surface area contributed by atoms with E-state index in [0.29, 0.717) is 12.0 Å². The molecule has 2 N–H and O–H groups in total. The number of ketones is 3. The van der Waals surface area contributed by atoms with Gasteiger partial charge in [-0.3, -0.25) is 14.4 Å². The second-order valence-corrected chi connectivity index (χ2v) is 9.24. The van der Waals surface area contributed by atoms with Crippen LogP contribution in [0.25, 0.3) is 0 Å². The topological polar surface area (TPSA) is 91.7 Å². The summed E-state index contributed by atoms with van der Waals surface area (Å²) in [6.45, 7) is 4.17. The maximum atomic E-state index is 16.7. The number of Topliss-reactive ketones (excluding diaryl/α,β-unsaturated/α-hetero) is 2. The Labute approximate surface area is 163 Å². The molecule has 0 aromatic rings. The molecular formula is C22H25FO5. The second-order valence-electron chi connectivity index (χ2n) is 9.24. The van der Waals surface area contributed by atoms with Crippen LogP contribution in [0.3, 0.4) is 0 Å². The molecule has 28 heavy (non-hydrogen) atoms. The highest BCUT2D eigenvalue weighted by atomic mass is 19.1. The molecule has 5 nitrogen and oxygen atoms in total. The number of carbonyl (C=O) groups is 3. The van der Waals surface area contributed by atoms with Gasteiger partial charge in [-0.15, -0.1) is 0 Å². The molecule has 6 heteroatoms. The Kier molecular flexibility index (Phi) is 3.86. The monoisotopic (exact) mass is 388 g/mol. The van der Waals surface area contributed by atoms with Gasteiger partial charge in [-0.1, -0.05) is 32.1 Å². The molecule has 150 valence electrons. The first-order valence-corrected chi connectivity index (χ1v) is 9.69. The fourth-order valence-corrected chi connectivity index (χ4v) is 6.46. The lowest BCUT2D eigenvalue weighted by Gasteiger charge is -2.57. The lowest BCUT2D eigenvalue weighted by molar-refractivity contribution is -0.180. The van der Waals surface area contributed by atoms with Crippen molar-refractivity contribution in [3.63, 3.8) is 0 Å². The first-order chi connectivity index (χ1) is 13.0. The molecule has 2 fully saturated rings. The number of hydrogen-bond acceptors (Lipinski definition) is 5. The zero-order chi connectivity index (χ0) is 20.7. The number of hydrogen-bond donors (Lipinski definition) is 2. The van der Waals surface area contributed by atoms with Crippen LogP contribution in [-0.2, 0) is 14.4 Å². The summed E-state index contributed by atoms with van der Waals surface area (Å²) < 4.78 is 16.7. The van der Waals surface area contributed by atoms with Crippen molar-refractivity contribution in [1.29, 1.82) is 0 Å². The Hall–Kier alpha value is -1.92. The van der Waals surface area contributed by atoms with E-state index >= 15 is 4.39 Å². The number of alkyl halides is 1. The Morgan fingerprint density at radius 2 is 1.96 bits per heavy atom. The van der Waals surface area contributed by atoms with Crippen LogP contribution in [0.4, 0.5) is 4.39 Å². The third kappa shape index (κ3) is 1.90. The Bertz CT molecular complexity index is 887. The number of halogens is 1. The summed E-state index contributed by atoms with van der Waals surface area (Å²) in [5, 5.41) is 20.7. The summed E-state index contributed by atoms with van der Waals surface area (Å²) in [6, 6.07) is 0. The van der Waals surface area contributed by atoms with E-state index in [1.54, 1.807) is 32.9 Å². The van der Waals surface area contributed by atoms with E-state index in [1.807, 2.05) is 0 Å². The van der Waals surface area contributed by atoms with Crippen LogP contribution in [0, 0.1) is 28.6 Å². The highest BCUT2D eigenvalue weighted by molar-refractivity contribution is 6.03. The van der Waals surface area contributed by atoms with Crippen molar-refractivity contribution in [2.45, 2.75) is 44.9 Å². The molecule has 0 aromatic heterocycles. The van der Waals surface area contributed by atoms with Crippen LogP contribution in [0.5, 0.6) is 0 Å². The number of fused-ring (bicyclic) bond motifs is 5. The molecule has 2 saturated carbocycles. The second kappa shape index (κ2) is 5.57. The quantitative estimate of drug-likeness (QED) is 0.754. The summed E-state index contributed by atoms with van der Waals surface area (Å²) in [7, 11) is 0. The average molecular weight is 388 g/mol. The van der Waals surface area contributed by atoms with Gasteiger partial charge in [-0.05, 0) is 42.9 Å². The van der Waals surface area contributed by atoms with E-state index < -0.39 is 58.0 Å². The maximum absolute atomic E-state index is 16.7. The molecule has 0 aromatic carbocycles. The summed E-state index contributed by atoms with van der Waals surface area (Å²) in [4.78, 5) is 37.6. The van der Waals surface area contributed by atoms with Crippen molar-refractivity contribution >= 4 is 17.3 Å². The largest absolute Gasteiger partial charge is 0.388 e. The van der Waals surface area contributed by atoms with E-state index in [1.165, 1.54) is 18.2 Å². The molecule has 0 unspecified atom stereocenters. The zero-order valence-electron chi connectivity index (χ0n) is 16.2. The standard InChI is InChI=1S/C22H25FO5/c1-12-8-16-15-5-4-13-9-14(25)6-7-19(13,2)21(15,23)17(26)10-20(16,3)22(12,28)18(27)11-24/h4-7,9,12,15-16,24,28H,8,10-11H2,1-3H3/t12-,15+,16+,19+,20+,21+,22+/m1/s1. The molecule has 0 bridgehead atoms. The molecule has 0 radical (unpaired) electrons. The highest BCUT2D eigenvalue weighted by Gasteiger charge is 2.75. The predicted octanol–water partition coefficient (Wildman–Crippen LogP) is 1.88. The van der Waals surface area contributed by atoms with Crippen molar-refractivity contribution in [3.8, 4) is 0 Å². The van der Waals surface area contributed by atoms with E-state index in [0.717, 1.165) is 0 Å². The molecule has 7 atom stereocenters. The third-order valence-corrected chi connectivity index (χ3v) is 8.12. The molecule has 4 rings (SSSR count). The van der Waals surface area contributed by atoms with Crippen molar-refractivity contribution in [2.24, 2.45) is 28.6 Å². The minimum Gasteiger partial charge on any atom is -0.388 e. The van der Waals surface area contributed by atoms with E-state index in [2.05, 4.69) is 0 Å². The SMILES string of the molecule is C[C@@H]1C[C@H]2[C@@H]3C=CC4=CC(=O)C=C[C@]4(C)[C@@]3(F)C(=O)C[C@]2(C)[C@@]1(O)C(=O)CO. The third-order valence-electron chi connectivity index (χ3n) is 8.12. The van der Waals surface area contributed by atoms with Gasteiger partial charge in [0.15, 0.2) is 23.0 Å². The molecule has 0 saturated heterocycles. The van der Waals surface area contributed by atoms with Crippen LogP contribution >= 0.6 is 0 Å². The Balaban J connectivity index is 1.90. The Morgan fingerprint density at radius 3 is 2.61 bits per heavy atom. The average Bonchev–Trinajstić information content (AvgIpc) is 2.84. The normalized spacial score (nSPS) is 49.4. The molecular weight excluding hydrogens is 363 g/mol. The van der Waals surface area contributed by atoms with Crippen LogP contribution in [0.15, 0.2) is 36.0 Å². The van der Waals surface area contributed by atoms with Gasteiger partial charge < -0.3 is 10.2 Å². The summed E-state index contributed by atoms with van der Waals surface area (Å²) in [5.74, 6) is -3.44. The molecule has 0 spiro atoms. The predicted molar refractivity (Wildman–Crippen MR) is 98.9 cm³/mol. The molecule has 4 aliphatic carbocycles. The number of allylic oxidation sites excluding steroid dienone is 6. The minimum atomic E-state index is -2.26.